The van der Waals surface area contributed by atoms with Crippen LogP contribution in [0, 0.1) is 0 Å². The second kappa shape index (κ2) is 3.96. The second-order valence-corrected chi connectivity index (χ2v) is 3.48. The van der Waals surface area contributed by atoms with Crippen molar-refractivity contribution in [1.29, 1.82) is 0 Å². The molecule has 5 nitrogen and oxygen atoms in total. The molecule has 1 aliphatic rings. The Morgan fingerprint density at radius 2 is 2.00 bits per heavy atom. The van der Waals surface area contributed by atoms with E-state index in [1.807, 2.05) is 13.8 Å². The number of carbonyl (C=O) groups is 2. The van der Waals surface area contributed by atoms with Crippen LogP contribution in [0.3, 0.4) is 0 Å². The van der Waals surface area contributed by atoms with Crippen molar-refractivity contribution in [1.82, 2.24) is 10.2 Å². The third kappa shape index (κ3) is 1.48. The highest BCUT2D eigenvalue weighted by Gasteiger charge is 2.43. The topological polar surface area (TPSA) is 69.6 Å². The van der Waals surface area contributed by atoms with Crippen molar-refractivity contribution in [2.75, 3.05) is 13.2 Å². The lowest BCUT2D eigenvalue weighted by Crippen LogP contribution is -2.54. The number of aliphatic hydroxyl groups is 1. The molecule has 0 atom stereocenters. The van der Waals surface area contributed by atoms with Crippen molar-refractivity contribution < 1.29 is 14.7 Å². The van der Waals surface area contributed by atoms with Gasteiger partial charge in [-0.1, -0.05) is 13.8 Å². The van der Waals surface area contributed by atoms with Crippen LogP contribution < -0.4 is 5.32 Å². The lowest BCUT2D eigenvalue weighted by Gasteiger charge is -2.36. The highest BCUT2D eigenvalue weighted by molar-refractivity contribution is 6.02. The summed E-state index contributed by atoms with van der Waals surface area (Å²) in [6.45, 7) is 3.58. The first-order chi connectivity index (χ1) is 6.61. The van der Waals surface area contributed by atoms with Gasteiger partial charge in [0.25, 0.3) is 5.91 Å². The largest absolute Gasteiger partial charge is 0.394 e. The van der Waals surface area contributed by atoms with Crippen LogP contribution in [0.25, 0.3) is 0 Å². The summed E-state index contributed by atoms with van der Waals surface area (Å²) in [7, 11) is 0. The molecule has 1 aliphatic heterocycles. The van der Waals surface area contributed by atoms with E-state index in [4.69, 9.17) is 0 Å². The van der Waals surface area contributed by atoms with Gasteiger partial charge in [-0.05, 0) is 12.8 Å². The summed E-state index contributed by atoms with van der Waals surface area (Å²) in [5, 5.41) is 11.8. The molecule has 0 bridgehead atoms. The van der Waals surface area contributed by atoms with Gasteiger partial charge < -0.3 is 10.4 Å². The van der Waals surface area contributed by atoms with Gasteiger partial charge in [0.05, 0.1) is 18.7 Å². The van der Waals surface area contributed by atoms with Gasteiger partial charge in [0.1, 0.15) is 0 Å². The number of hydrogen-bond donors (Lipinski definition) is 2. The lowest BCUT2D eigenvalue weighted by molar-refractivity contribution is -0.131. The number of imide groups is 1. The first-order valence-electron chi connectivity index (χ1n) is 4.83. The van der Waals surface area contributed by atoms with Gasteiger partial charge in [0, 0.05) is 0 Å². The molecule has 1 rings (SSSR count). The third-order valence-corrected chi connectivity index (χ3v) is 2.93. The van der Waals surface area contributed by atoms with E-state index in [1.165, 1.54) is 0 Å². The Hall–Kier alpha value is -1.10. The summed E-state index contributed by atoms with van der Waals surface area (Å²) in [6.07, 6.45) is 1.14. The summed E-state index contributed by atoms with van der Waals surface area (Å²) in [5.74, 6) is -0.257. The molecule has 3 amide bonds. The zero-order valence-corrected chi connectivity index (χ0v) is 8.54. The fourth-order valence-corrected chi connectivity index (χ4v) is 1.76. The van der Waals surface area contributed by atoms with Crippen molar-refractivity contribution in [3.05, 3.63) is 0 Å². The molecule has 0 radical (unpaired) electrons. The predicted molar refractivity (Wildman–Crippen MR) is 50.6 cm³/mol. The van der Waals surface area contributed by atoms with Gasteiger partial charge >= 0.3 is 6.03 Å². The quantitative estimate of drug-likeness (QED) is 0.632. The number of nitrogens with zero attached hydrogens (tertiary/aromatic N) is 1. The molecule has 2 N–H and O–H groups in total. The minimum Gasteiger partial charge on any atom is -0.394 e. The molecule has 1 saturated heterocycles. The van der Waals surface area contributed by atoms with E-state index in [-0.39, 0.29) is 19.1 Å². The zero-order chi connectivity index (χ0) is 10.8. The normalized spacial score (nSPS) is 17.5. The van der Waals surface area contributed by atoms with E-state index >= 15 is 0 Å². The molecule has 5 heteroatoms. The lowest BCUT2D eigenvalue weighted by atomic mass is 9.92. The number of aliphatic hydroxyl groups excluding tert-OH is 1. The van der Waals surface area contributed by atoms with Gasteiger partial charge in [-0.25, -0.2) is 4.79 Å². The molecule has 14 heavy (non-hydrogen) atoms. The van der Waals surface area contributed by atoms with Gasteiger partial charge in [0.15, 0.2) is 0 Å². The molecular formula is C9H16N2O3. The van der Waals surface area contributed by atoms with Crippen molar-refractivity contribution >= 4 is 11.9 Å². The molecule has 0 spiro atoms. The molecule has 0 aliphatic carbocycles. The summed E-state index contributed by atoms with van der Waals surface area (Å²) >= 11 is 0. The van der Waals surface area contributed by atoms with Gasteiger partial charge in [0.2, 0.25) is 0 Å². The van der Waals surface area contributed by atoms with Crippen LogP contribution in [0.15, 0.2) is 0 Å². The Morgan fingerprint density at radius 3 is 2.29 bits per heavy atom. The van der Waals surface area contributed by atoms with Crippen LogP contribution in [-0.2, 0) is 4.79 Å². The summed E-state index contributed by atoms with van der Waals surface area (Å²) < 4.78 is 0. The van der Waals surface area contributed by atoms with Crippen molar-refractivity contribution in [3.63, 3.8) is 0 Å². The Morgan fingerprint density at radius 1 is 1.43 bits per heavy atom. The fraction of sp³-hybridized carbons (Fsp3) is 0.778. The van der Waals surface area contributed by atoms with Crippen molar-refractivity contribution in [2.24, 2.45) is 0 Å². The summed E-state index contributed by atoms with van der Waals surface area (Å²) in [5.41, 5.74) is -0.725. The number of rotatable bonds is 4. The Balaban J connectivity index is 2.97. The van der Waals surface area contributed by atoms with Crippen LogP contribution in [-0.4, -0.2) is 40.6 Å². The average Bonchev–Trinajstić information content (AvgIpc) is 2.53. The number of hydrogen-bond acceptors (Lipinski definition) is 3. The molecular weight excluding hydrogens is 184 g/mol. The number of nitrogens with one attached hydrogen (secondary N) is 1. The summed E-state index contributed by atoms with van der Waals surface area (Å²) in [6, 6.07) is -0.396. The van der Waals surface area contributed by atoms with Gasteiger partial charge in [-0.2, -0.15) is 0 Å². The number of amides is 3. The molecule has 80 valence electrons. The van der Waals surface area contributed by atoms with Crippen molar-refractivity contribution in [2.45, 2.75) is 32.2 Å². The fourth-order valence-electron chi connectivity index (χ4n) is 1.76. The smallest absolute Gasteiger partial charge is 0.325 e. The molecule has 0 unspecified atom stereocenters. The van der Waals surface area contributed by atoms with Crippen molar-refractivity contribution in [3.8, 4) is 0 Å². The molecule has 0 aromatic rings. The molecule has 1 heterocycles. The van der Waals surface area contributed by atoms with Crippen LogP contribution >= 0.6 is 0 Å². The number of urea groups is 1. The maximum absolute atomic E-state index is 11.4. The van der Waals surface area contributed by atoms with Gasteiger partial charge in [-0.15, -0.1) is 0 Å². The predicted octanol–water partition coefficient (Wildman–Crippen LogP) is 0.0893. The van der Waals surface area contributed by atoms with Crippen LogP contribution in [0.5, 0.6) is 0 Å². The minimum atomic E-state index is -0.725. The van der Waals surface area contributed by atoms with E-state index in [0.717, 1.165) is 4.90 Å². The van der Waals surface area contributed by atoms with Gasteiger partial charge in [-0.3, -0.25) is 9.69 Å². The van der Waals surface area contributed by atoms with Crippen LogP contribution in [0.2, 0.25) is 0 Å². The van der Waals surface area contributed by atoms with E-state index in [0.29, 0.717) is 12.8 Å². The second-order valence-electron chi connectivity index (χ2n) is 3.48. The Bertz CT molecular complexity index is 224. The molecule has 0 saturated carbocycles. The maximum atomic E-state index is 11.4. The van der Waals surface area contributed by atoms with E-state index in [1.54, 1.807) is 0 Å². The zero-order valence-electron chi connectivity index (χ0n) is 8.54. The minimum absolute atomic E-state index is 0.0422. The van der Waals surface area contributed by atoms with E-state index in [2.05, 4.69) is 5.32 Å². The first-order valence-corrected chi connectivity index (χ1v) is 4.83. The first kappa shape index (κ1) is 11.0. The SMILES string of the molecule is CCC(CC)(CO)N1C(=O)CNC1=O. The standard InChI is InChI=1S/C9H16N2O3/c1-3-9(4-2,6-12)11-7(13)5-10-8(11)14/h12H,3-6H2,1-2H3,(H,10,14). The van der Waals surface area contributed by atoms with E-state index in [9.17, 15) is 14.7 Å². The van der Waals surface area contributed by atoms with Crippen LogP contribution in [0.1, 0.15) is 26.7 Å². The number of carbonyl (C=O) groups excluding carboxylic acids is 2. The molecule has 0 aromatic carbocycles. The monoisotopic (exact) mass is 200 g/mol. The highest BCUT2D eigenvalue weighted by Crippen LogP contribution is 2.25. The molecule has 1 fully saturated rings. The maximum Gasteiger partial charge on any atom is 0.325 e. The van der Waals surface area contributed by atoms with Crippen LogP contribution in [0.4, 0.5) is 4.79 Å². The average molecular weight is 200 g/mol. The Kier molecular flexibility index (Phi) is 3.10. The highest BCUT2D eigenvalue weighted by atomic mass is 16.3. The Labute approximate surface area is 83.1 Å². The van der Waals surface area contributed by atoms with E-state index < -0.39 is 11.6 Å². The third-order valence-electron chi connectivity index (χ3n) is 2.93. The molecule has 0 aromatic heterocycles. The summed E-state index contributed by atoms with van der Waals surface area (Å²) in [4.78, 5) is 24.0.